The zero-order valence-corrected chi connectivity index (χ0v) is 12.1. The van der Waals surface area contributed by atoms with Crippen molar-refractivity contribution in [3.63, 3.8) is 0 Å². The number of benzene rings is 1. The van der Waals surface area contributed by atoms with E-state index in [0.29, 0.717) is 5.88 Å². The van der Waals surface area contributed by atoms with Crippen LogP contribution in [0.5, 0.6) is 0 Å². The summed E-state index contributed by atoms with van der Waals surface area (Å²) in [5.74, 6) is 1.35. The highest BCUT2D eigenvalue weighted by Crippen LogP contribution is 2.21. The van der Waals surface area contributed by atoms with Gasteiger partial charge in [0, 0.05) is 19.3 Å². The molecule has 3 aromatic rings. The monoisotopic (exact) mass is 289 g/mol. The molecule has 2 heterocycles. The van der Waals surface area contributed by atoms with Gasteiger partial charge in [-0.25, -0.2) is 4.98 Å². The molecule has 0 amide bonds. The van der Waals surface area contributed by atoms with Gasteiger partial charge in [0.25, 0.3) is 0 Å². The second-order valence-corrected chi connectivity index (χ2v) is 5.04. The molecule has 0 aliphatic carbocycles. The van der Waals surface area contributed by atoms with E-state index >= 15 is 0 Å². The standard InChI is InChI=1S/C14H16ClN5/c1-11-4-2-5-12-14(11)20(13(10-15)17-12)8-3-7-19-9-6-16-18-19/h2,4-6,9H,3,7-8,10H2,1H3. The van der Waals surface area contributed by atoms with Crippen LogP contribution in [0.2, 0.25) is 0 Å². The van der Waals surface area contributed by atoms with Crippen LogP contribution in [0.3, 0.4) is 0 Å². The lowest BCUT2D eigenvalue weighted by atomic mass is 10.2. The molecule has 0 radical (unpaired) electrons. The first-order valence-electron chi connectivity index (χ1n) is 6.64. The summed E-state index contributed by atoms with van der Waals surface area (Å²) in [5.41, 5.74) is 3.43. The molecule has 20 heavy (non-hydrogen) atoms. The normalized spacial score (nSPS) is 11.3. The number of halogens is 1. The van der Waals surface area contributed by atoms with Crippen LogP contribution in [0.1, 0.15) is 17.8 Å². The molecule has 104 valence electrons. The molecular formula is C14H16ClN5. The minimum Gasteiger partial charge on any atom is -0.327 e. The predicted molar refractivity (Wildman–Crippen MR) is 78.7 cm³/mol. The molecule has 0 N–H and O–H groups in total. The van der Waals surface area contributed by atoms with Gasteiger partial charge in [-0.3, -0.25) is 4.68 Å². The lowest BCUT2D eigenvalue weighted by molar-refractivity contribution is 0.514. The van der Waals surface area contributed by atoms with E-state index in [-0.39, 0.29) is 0 Å². The second kappa shape index (κ2) is 5.63. The zero-order chi connectivity index (χ0) is 13.9. The first-order chi connectivity index (χ1) is 9.79. The third-order valence-corrected chi connectivity index (χ3v) is 3.65. The number of alkyl halides is 1. The predicted octanol–water partition coefficient (Wildman–Crippen LogP) is 2.77. The number of aryl methyl sites for hydroxylation is 3. The average Bonchev–Trinajstić information content (AvgIpc) is 3.07. The summed E-state index contributed by atoms with van der Waals surface area (Å²) < 4.78 is 4.06. The lowest BCUT2D eigenvalue weighted by Gasteiger charge is -2.09. The van der Waals surface area contributed by atoms with Crippen LogP contribution in [0.15, 0.2) is 30.6 Å². The Bertz CT molecular complexity index is 702. The van der Waals surface area contributed by atoms with Crippen molar-refractivity contribution in [2.45, 2.75) is 32.3 Å². The Kier molecular flexibility index (Phi) is 3.69. The van der Waals surface area contributed by atoms with Gasteiger partial charge in [-0.1, -0.05) is 17.3 Å². The Morgan fingerprint density at radius 3 is 2.90 bits per heavy atom. The number of para-hydroxylation sites is 1. The van der Waals surface area contributed by atoms with E-state index in [1.54, 1.807) is 6.20 Å². The van der Waals surface area contributed by atoms with Crippen LogP contribution in [-0.4, -0.2) is 24.5 Å². The molecule has 2 aromatic heterocycles. The van der Waals surface area contributed by atoms with E-state index in [0.717, 1.165) is 30.9 Å². The highest BCUT2D eigenvalue weighted by molar-refractivity contribution is 6.16. The molecule has 1 aromatic carbocycles. The summed E-state index contributed by atoms with van der Waals surface area (Å²) in [6, 6.07) is 6.17. The molecule has 3 rings (SSSR count). The minimum atomic E-state index is 0.428. The van der Waals surface area contributed by atoms with Crippen LogP contribution in [0.4, 0.5) is 0 Å². The van der Waals surface area contributed by atoms with Gasteiger partial charge in [-0.2, -0.15) is 0 Å². The van der Waals surface area contributed by atoms with E-state index in [1.807, 2.05) is 23.0 Å². The van der Waals surface area contributed by atoms with Crippen molar-refractivity contribution >= 4 is 22.6 Å². The molecule has 0 unspecified atom stereocenters. The number of nitrogens with zero attached hydrogens (tertiary/aromatic N) is 5. The summed E-state index contributed by atoms with van der Waals surface area (Å²) in [6.07, 6.45) is 4.54. The van der Waals surface area contributed by atoms with Crippen molar-refractivity contribution in [1.82, 2.24) is 24.5 Å². The van der Waals surface area contributed by atoms with Crippen LogP contribution in [0.25, 0.3) is 11.0 Å². The molecule has 0 atom stereocenters. The molecule has 0 saturated heterocycles. The van der Waals surface area contributed by atoms with Crippen LogP contribution < -0.4 is 0 Å². The van der Waals surface area contributed by atoms with E-state index < -0.39 is 0 Å². The van der Waals surface area contributed by atoms with Crippen LogP contribution >= 0.6 is 11.6 Å². The SMILES string of the molecule is Cc1cccc2nc(CCl)n(CCCn3ccnn3)c12. The fourth-order valence-corrected chi connectivity index (χ4v) is 2.70. The molecule has 0 spiro atoms. The third kappa shape index (κ3) is 2.41. The number of imidazole rings is 1. The maximum absolute atomic E-state index is 6.02. The van der Waals surface area contributed by atoms with Gasteiger partial charge in [-0.15, -0.1) is 16.7 Å². The van der Waals surface area contributed by atoms with Crippen molar-refractivity contribution in [2.75, 3.05) is 0 Å². The van der Waals surface area contributed by atoms with E-state index in [1.165, 1.54) is 11.1 Å². The quantitative estimate of drug-likeness (QED) is 0.679. The van der Waals surface area contributed by atoms with Gasteiger partial charge in [0.1, 0.15) is 5.82 Å². The summed E-state index contributed by atoms with van der Waals surface area (Å²) in [6.45, 7) is 3.83. The molecule has 5 nitrogen and oxygen atoms in total. The zero-order valence-electron chi connectivity index (χ0n) is 11.3. The van der Waals surface area contributed by atoms with E-state index in [9.17, 15) is 0 Å². The second-order valence-electron chi connectivity index (χ2n) is 4.78. The van der Waals surface area contributed by atoms with Gasteiger partial charge in [0.05, 0.1) is 23.1 Å². The first kappa shape index (κ1) is 13.1. The molecule has 6 heteroatoms. The fourth-order valence-electron chi connectivity index (χ4n) is 2.50. The van der Waals surface area contributed by atoms with E-state index in [4.69, 9.17) is 11.6 Å². The van der Waals surface area contributed by atoms with Crippen molar-refractivity contribution in [3.8, 4) is 0 Å². The summed E-state index contributed by atoms with van der Waals surface area (Å²) >= 11 is 6.02. The number of hydrogen-bond donors (Lipinski definition) is 0. The molecule has 0 fully saturated rings. The van der Waals surface area contributed by atoms with Crippen molar-refractivity contribution in [3.05, 3.63) is 42.0 Å². The van der Waals surface area contributed by atoms with Crippen molar-refractivity contribution in [1.29, 1.82) is 0 Å². The van der Waals surface area contributed by atoms with Gasteiger partial charge in [-0.05, 0) is 25.0 Å². The highest BCUT2D eigenvalue weighted by atomic mass is 35.5. The molecule has 0 aliphatic rings. The topological polar surface area (TPSA) is 48.5 Å². The van der Waals surface area contributed by atoms with Crippen molar-refractivity contribution < 1.29 is 0 Å². The Balaban J connectivity index is 1.85. The maximum atomic E-state index is 6.02. The fraction of sp³-hybridized carbons (Fsp3) is 0.357. The average molecular weight is 290 g/mol. The summed E-state index contributed by atoms with van der Waals surface area (Å²) in [7, 11) is 0. The summed E-state index contributed by atoms with van der Waals surface area (Å²) in [4.78, 5) is 4.60. The first-order valence-corrected chi connectivity index (χ1v) is 7.18. The van der Waals surface area contributed by atoms with E-state index in [2.05, 4.69) is 32.9 Å². The maximum Gasteiger partial charge on any atom is 0.124 e. The molecular weight excluding hydrogens is 274 g/mol. The smallest absolute Gasteiger partial charge is 0.124 e. The lowest BCUT2D eigenvalue weighted by Crippen LogP contribution is -2.07. The van der Waals surface area contributed by atoms with Gasteiger partial charge in [0.2, 0.25) is 0 Å². The Morgan fingerprint density at radius 1 is 1.25 bits per heavy atom. The van der Waals surface area contributed by atoms with Gasteiger partial charge < -0.3 is 4.57 Å². The Hall–Kier alpha value is -1.88. The molecule has 0 saturated carbocycles. The highest BCUT2D eigenvalue weighted by Gasteiger charge is 2.11. The third-order valence-electron chi connectivity index (χ3n) is 3.41. The van der Waals surface area contributed by atoms with Crippen molar-refractivity contribution in [2.24, 2.45) is 0 Å². The number of aromatic nitrogens is 5. The minimum absolute atomic E-state index is 0.428. The van der Waals surface area contributed by atoms with Gasteiger partial charge >= 0.3 is 0 Å². The van der Waals surface area contributed by atoms with Gasteiger partial charge in [0.15, 0.2) is 0 Å². The molecule has 0 aliphatic heterocycles. The largest absolute Gasteiger partial charge is 0.327 e. The Labute approximate surface area is 122 Å². The summed E-state index contributed by atoms with van der Waals surface area (Å²) in [5, 5.41) is 7.78. The van der Waals surface area contributed by atoms with Crippen LogP contribution in [0, 0.1) is 6.92 Å². The van der Waals surface area contributed by atoms with Crippen LogP contribution in [-0.2, 0) is 19.0 Å². The Morgan fingerprint density at radius 2 is 2.15 bits per heavy atom. The number of fused-ring (bicyclic) bond motifs is 1. The number of rotatable bonds is 5. The number of hydrogen-bond acceptors (Lipinski definition) is 3. The molecule has 0 bridgehead atoms.